The molecule has 0 aliphatic heterocycles. The summed E-state index contributed by atoms with van der Waals surface area (Å²) in [5.74, 6) is 1.51. The summed E-state index contributed by atoms with van der Waals surface area (Å²) in [6.45, 7) is 6.74. The van der Waals surface area contributed by atoms with E-state index in [9.17, 15) is 0 Å². The van der Waals surface area contributed by atoms with Crippen molar-refractivity contribution in [2.24, 2.45) is 0 Å². The minimum Gasteiger partial charge on any atom is -0.234 e. The van der Waals surface area contributed by atoms with Gasteiger partial charge in [0.2, 0.25) is 0 Å². The van der Waals surface area contributed by atoms with E-state index in [1.807, 2.05) is 0 Å². The first kappa shape index (κ1) is 19.8. The summed E-state index contributed by atoms with van der Waals surface area (Å²) in [4.78, 5) is 0. The second-order valence-electron chi connectivity index (χ2n) is 7.25. The predicted octanol–water partition coefficient (Wildman–Crippen LogP) is 5.92. The normalized spacial score (nSPS) is 11.1. The van der Waals surface area contributed by atoms with Crippen LogP contribution < -0.4 is 4.57 Å². The van der Waals surface area contributed by atoms with E-state index in [-0.39, 0.29) is 0 Å². The van der Waals surface area contributed by atoms with Crippen LogP contribution in [0.5, 0.6) is 0 Å². The van der Waals surface area contributed by atoms with E-state index < -0.39 is 0 Å². The van der Waals surface area contributed by atoms with Gasteiger partial charge in [-0.2, -0.15) is 0 Å². The maximum Gasteiger partial charge on any atom is 0.256 e. The number of aromatic nitrogens is 2. The van der Waals surface area contributed by atoms with Gasteiger partial charge in [-0.3, -0.25) is 0 Å². The molecular formula is C23H37N2+. The summed E-state index contributed by atoms with van der Waals surface area (Å²) in [5, 5.41) is 0. The molecule has 0 unspecified atom stereocenters. The highest BCUT2D eigenvalue weighted by Gasteiger charge is 2.16. The highest BCUT2D eigenvalue weighted by molar-refractivity contribution is 5.15. The third-order valence-electron chi connectivity index (χ3n) is 5.04. The van der Waals surface area contributed by atoms with E-state index in [2.05, 4.69) is 65.7 Å². The molecular weight excluding hydrogens is 304 g/mol. The van der Waals surface area contributed by atoms with Crippen LogP contribution in [-0.2, 0) is 19.5 Å². The second kappa shape index (κ2) is 11.9. The number of hydrogen-bond donors (Lipinski definition) is 0. The zero-order valence-corrected chi connectivity index (χ0v) is 16.4. The maximum atomic E-state index is 2.51. The van der Waals surface area contributed by atoms with Crippen LogP contribution in [0.25, 0.3) is 0 Å². The van der Waals surface area contributed by atoms with Gasteiger partial charge in [0.05, 0.1) is 6.54 Å². The molecule has 1 aromatic carbocycles. The minimum atomic E-state index is 0.992. The highest BCUT2D eigenvalue weighted by atomic mass is 15.1. The second-order valence-corrected chi connectivity index (χ2v) is 7.25. The fourth-order valence-electron chi connectivity index (χ4n) is 3.51. The lowest BCUT2D eigenvalue weighted by Gasteiger charge is -2.06. The van der Waals surface area contributed by atoms with Crippen molar-refractivity contribution in [2.45, 2.75) is 91.1 Å². The summed E-state index contributed by atoms with van der Waals surface area (Å²) in [5.41, 5.74) is 1.39. The fourth-order valence-corrected chi connectivity index (χ4v) is 3.51. The molecule has 25 heavy (non-hydrogen) atoms. The molecule has 0 aliphatic carbocycles. The zero-order valence-electron chi connectivity index (χ0n) is 16.4. The van der Waals surface area contributed by atoms with Crippen LogP contribution in [0.3, 0.4) is 0 Å². The van der Waals surface area contributed by atoms with Crippen molar-refractivity contribution in [1.82, 2.24) is 4.57 Å². The van der Waals surface area contributed by atoms with Crippen LogP contribution in [-0.4, -0.2) is 4.57 Å². The van der Waals surface area contributed by atoms with Crippen LogP contribution in [0.15, 0.2) is 42.7 Å². The molecule has 2 aromatic rings. The maximum absolute atomic E-state index is 2.51. The molecule has 0 radical (unpaired) electrons. The van der Waals surface area contributed by atoms with Crippen LogP contribution in [0.1, 0.15) is 83.0 Å². The fraction of sp³-hybridized carbons (Fsp3) is 0.609. The molecule has 2 heteroatoms. The number of rotatable bonds is 13. The lowest BCUT2D eigenvalue weighted by molar-refractivity contribution is -0.704. The van der Waals surface area contributed by atoms with Crippen molar-refractivity contribution in [3.05, 3.63) is 54.1 Å². The Balaban J connectivity index is 1.95. The molecule has 0 saturated heterocycles. The first-order valence-electron chi connectivity index (χ1n) is 10.5. The van der Waals surface area contributed by atoms with Crippen LogP contribution in [0.4, 0.5) is 0 Å². The number of nitrogens with zero attached hydrogens (tertiary/aromatic N) is 2. The Morgan fingerprint density at radius 3 is 2.24 bits per heavy atom. The average Bonchev–Trinajstić information content (AvgIpc) is 3.01. The molecule has 138 valence electrons. The Morgan fingerprint density at radius 1 is 0.800 bits per heavy atom. The molecule has 1 heterocycles. The molecule has 0 bridgehead atoms. The lowest BCUT2D eigenvalue weighted by Crippen LogP contribution is -2.37. The molecule has 2 rings (SSSR count). The van der Waals surface area contributed by atoms with Gasteiger partial charge in [-0.05, 0) is 24.8 Å². The summed E-state index contributed by atoms with van der Waals surface area (Å²) in [7, 11) is 0. The number of hydrogen-bond acceptors (Lipinski definition) is 0. The smallest absolute Gasteiger partial charge is 0.234 e. The molecule has 0 N–H and O–H groups in total. The van der Waals surface area contributed by atoms with Crippen molar-refractivity contribution in [3.63, 3.8) is 0 Å². The molecule has 0 fully saturated rings. The van der Waals surface area contributed by atoms with Crippen LogP contribution >= 0.6 is 0 Å². The lowest BCUT2D eigenvalue weighted by atomic mass is 10.1. The molecule has 0 aliphatic rings. The van der Waals surface area contributed by atoms with Crippen molar-refractivity contribution in [2.75, 3.05) is 0 Å². The summed E-state index contributed by atoms with van der Waals surface area (Å²) in [6.07, 6.45) is 17.9. The van der Waals surface area contributed by atoms with Gasteiger partial charge in [0.25, 0.3) is 5.82 Å². The quantitative estimate of drug-likeness (QED) is 0.316. The van der Waals surface area contributed by atoms with Crippen LogP contribution in [0.2, 0.25) is 0 Å². The molecule has 1 aromatic heterocycles. The van der Waals surface area contributed by atoms with E-state index in [1.165, 1.54) is 82.1 Å². The van der Waals surface area contributed by atoms with Gasteiger partial charge in [-0.25, -0.2) is 9.13 Å². The Morgan fingerprint density at radius 2 is 1.48 bits per heavy atom. The van der Waals surface area contributed by atoms with Crippen molar-refractivity contribution < 1.29 is 4.57 Å². The molecule has 0 amide bonds. The van der Waals surface area contributed by atoms with Gasteiger partial charge in [0, 0.05) is 6.42 Å². The van der Waals surface area contributed by atoms with Crippen molar-refractivity contribution in [1.29, 1.82) is 0 Å². The average molecular weight is 342 g/mol. The Kier molecular flexibility index (Phi) is 9.40. The highest BCUT2D eigenvalue weighted by Crippen LogP contribution is 2.10. The Hall–Kier alpha value is -1.57. The topological polar surface area (TPSA) is 8.81 Å². The van der Waals surface area contributed by atoms with Gasteiger partial charge in [0.1, 0.15) is 18.9 Å². The predicted molar refractivity (Wildman–Crippen MR) is 107 cm³/mol. The third kappa shape index (κ3) is 7.05. The standard InChI is InChI=1S/C23H37N2/c1-3-5-7-8-9-14-18-24-19-20-25(23(24)17-11-6-4-2)21-22-15-12-10-13-16-22/h10,12-13,15-16,19-20H,3-9,11,14,17-18,21H2,1-2H3/q+1. The van der Waals surface area contributed by atoms with Gasteiger partial charge in [0.15, 0.2) is 0 Å². The Labute approximate surface area is 154 Å². The number of unbranched alkanes of at least 4 members (excludes halogenated alkanes) is 7. The van der Waals surface area contributed by atoms with Gasteiger partial charge in [-0.15, -0.1) is 0 Å². The molecule has 0 saturated carbocycles. The monoisotopic (exact) mass is 341 g/mol. The van der Waals surface area contributed by atoms with Crippen molar-refractivity contribution >= 4 is 0 Å². The summed E-state index contributed by atoms with van der Waals surface area (Å²) < 4.78 is 4.97. The first-order chi connectivity index (χ1) is 12.3. The summed E-state index contributed by atoms with van der Waals surface area (Å²) in [6, 6.07) is 10.8. The largest absolute Gasteiger partial charge is 0.256 e. The van der Waals surface area contributed by atoms with E-state index in [0.29, 0.717) is 0 Å². The molecule has 0 spiro atoms. The van der Waals surface area contributed by atoms with Gasteiger partial charge >= 0.3 is 0 Å². The van der Waals surface area contributed by atoms with E-state index in [4.69, 9.17) is 0 Å². The summed E-state index contributed by atoms with van der Waals surface area (Å²) >= 11 is 0. The zero-order chi connectivity index (χ0) is 17.7. The molecule has 2 nitrogen and oxygen atoms in total. The third-order valence-corrected chi connectivity index (χ3v) is 5.04. The minimum absolute atomic E-state index is 0.992. The van der Waals surface area contributed by atoms with E-state index in [1.54, 1.807) is 0 Å². The number of benzene rings is 1. The number of imidazole rings is 1. The first-order valence-corrected chi connectivity index (χ1v) is 10.5. The van der Waals surface area contributed by atoms with Crippen molar-refractivity contribution in [3.8, 4) is 0 Å². The van der Waals surface area contributed by atoms with Gasteiger partial charge < -0.3 is 0 Å². The SMILES string of the molecule is CCCCCCCC[n+]1ccn(Cc2ccccc2)c1CCCCC. The van der Waals surface area contributed by atoms with E-state index in [0.717, 1.165) is 6.54 Å². The van der Waals surface area contributed by atoms with Gasteiger partial charge in [-0.1, -0.05) is 82.7 Å². The number of aryl methyl sites for hydroxylation is 1. The van der Waals surface area contributed by atoms with Crippen LogP contribution in [0, 0.1) is 0 Å². The Bertz CT molecular complexity index is 571. The molecule has 0 atom stereocenters. The van der Waals surface area contributed by atoms with E-state index >= 15 is 0 Å².